The molecule has 0 unspecified atom stereocenters. The van der Waals surface area contributed by atoms with Gasteiger partial charge in [-0.15, -0.1) is 11.3 Å². The Morgan fingerprint density at radius 2 is 2.27 bits per heavy atom. The molecule has 4 heteroatoms. The first-order valence-electron chi connectivity index (χ1n) is 4.93. The normalized spacial score (nSPS) is 10.6. The van der Waals surface area contributed by atoms with Crippen molar-refractivity contribution in [3.05, 3.63) is 34.6 Å². The molecule has 0 saturated heterocycles. The van der Waals surface area contributed by atoms with Crippen molar-refractivity contribution in [3.63, 3.8) is 0 Å². The average molecular weight is 221 g/mol. The molecule has 80 valence electrons. The third-order valence-corrected chi connectivity index (χ3v) is 3.47. The molecule has 15 heavy (non-hydrogen) atoms. The second kappa shape index (κ2) is 4.06. The Morgan fingerprint density at radius 1 is 1.47 bits per heavy atom. The summed E-state index contributed by atoms with van der Waals surface area (Å²) in [6, 6.07) is 2.22. The summed E-state index contributed by atoms with van der Waals surface area (Å²) in [6.45, 7) is 5.12. The molecule has 2 aromatic heterocycles. The van der Waals surface area contributed by atoms with Gasteiger partial charge in [-0.05, 0) is 25.5 Å². The molecular weight excluding hydrogens is 206 g/mol. The molecule has 0 aliphatic heterocycles. The average Bonchev–Trinajstić information content (AvgIpc) is 2.80. The molecule has 0 spiro atoms. The zero-order chi connectivity index (χ0) is 10.8. The van der Waals surface area contributed by atoms with Crippen LogP contribution in [0.1, 0.15) is 17.0 Å². The van der Waals surface area contributed by atoms with E-state index in [9.17, 15) is 0 Å². The molecule has 2 heterocycles. The van der Waals surface area contributed by atoms with Crippen molar-refractivity contribution in [3.8, 4) is 0 Å². The Labute approximate surface area is 93.8 Å². The highest BCUT2D eigenvalue weighted by atomic mass is 32.1. The second-order valence-electron chi connectivity index (χ2n) is 3.65. The number of aryl methyl sites for hydroxylation is 1. The molecule has 0 bridgehead atoms. The van der Waals surface area contributed by atoms with E-state index in [0.29, 0.717) is 0 Å². The van der Waals surface area contributed by atoms with Crippen LogP contribution in [-0.2, 0) is 13.6 Å². The summed E-state index contributed by atoms with van der Waals surface area (Å²) in [5.41, 5.74) is 3.95. The largest absolute Gasteiger partial charge is 0.357 e. The highest BCUT2D eigenvalue weighted by Crippen LogP contribution is 2.16. The van der Waals surface area contributed by atoms with E-state index >= 15 is 0 Å². The predicted octanol–water partition coefficient (Wildman–Crippen LogP) is 2.71. The molecule has 2 aromatic rings. The fourth-order valence-electron chi connectivity index (χ4n) is 1.59. The van der Waals surface area contributed by atoms with Crippen molar-refractivity contribution in [1.82, 2.24) is 9.55 Å². The Hall–Kier alpha value is -1.29. The minimum absolute atomic E-state index is 0.848. The van der Waals surface area contributed by atoms with E-state index in [1.807, 2.05) is 11.6 Å². The lowest BCUT2D eigenvalue weighted by Gasteiger charge is -2.03. The van der Waals surface area contributed by atoms with E-state index in [2.05, 4.69) is 41.8 Å². The summed E-state index contributed by atoms with van der Waals surface area (Å²) in [4.78, 5) is 4.19. The summed E-state index contributed by atoms with van der Waals surface area (Å²) < 4.78 is 2.21. The van der Waals surface area contributed by atoms with Gasteiger partial charge >= 0.3 is 0 Å². The fourth-order valence-corrected chi connectivity index (χ4v) is 2.12. The van der Waals surface area contributed by atoms with Crippen LogP contribution in [0.15, 0.2) is 17.6 Å². The van der Waals surface area contributed by atoms with Crippen molar-refractivity contribution in [2.75, 3.05) is 5.32 Å². The Kier molecular flexibility index (Phi) is 2.77. The van der Waals surface area contributed by atoms with Gasteiger partial charge in [0.1, 0.15) is 0 Å². The van der Waals surface area contributed by atoms with Crippen LogP contribution >= 0.6 is 11.3 Å². The van der Waals surface area contributed by atoms with E-state index in [1.54, 1.807) is 11.3 Å². The Bertz CT molecular complexity index is 443. The van der Waals surface area contributed by atoms with Gasteiger partial charge in [-0.1, -0.05) is 0 Å². The topological polar surface area (TPSA) is 29.9 Å². The number of nitrogens with zero attached hydrogens (tertiary/aromatic N) is 2. The van der Waals surface area contributed by atoms with Gasteiger partial charge in [-0.3, -0.25) is 0 Å². The second-order valence-corrected chi connectivity index (χ2v) is 4.54. The summed E-state index contributed by atoms with van der Waals surface area (Å²) in [5, 5.41) is 6.28. The van der Waals surface area contributed by atoms with E-state index in [0.717, 1.165) is 11.7 Å². The number of anilines is 1. The summed E-state index contributed by atoms with van der Waals surface area (Å²) in [6.07, 6.45) is 1.82. The van der Waals surface area contributed by atoms with Gasteiger partial charge in [0, 0.05) is 36.6 Å². The van der Waals surface area contributed by atoms with Gasteiger partial charge < -0.3 is 9.88 Å². The predicted molar refractivity (Wildman–Crippen MR) is 64.3 cm³/mol. The maximum atomic E-state index is 4.19. The SMILES string of the molecule is Cc1cc(CNc2nccs2)c(C)n1C. The van der Waals surface area contributed by atoms with Crippen molar-refractivity contribution < 1.29 is 0 Å². The number of thiazole rings is 1. The van der Waals surface area contributed by atoms with Gasteiger partial charge in [0.25, 0.3) is 0 Å². The third-order valence-electron chi connectivity index (χ3n) is 2.74. The monoisotopic (exact) mass is 221 g/mol. The fraction of sp³-hybridized carbons (Fsp3) is 0.364. The van der Waals surface area contributed by atoms with Crippen LogP contribution < -0.4 is 5.32 Å². The van der Waals surface area contributed by atoms with Crippen LogP contribution in [-0.4, -0.2) is 9.55 Å². The Morgan fingerprint density at radius 3 is 2.80 bits per heavy atom. The highest BCUT2D eigenvalue weighted by molar-refractivity contribution is 7.13. The molecule has 0 radical (unpaired) electrons. The van der Waals surface area contributed by atoms with Crippen LogP contribution in [0.4, 0.5) is 5.13 Å². The van der Waals surface area contributed by atoms with Gasteiger partial charge in [0.05, 0.1) is 0 Å². The highest BCUT2D eigenvalue weighted by Gasteiger charge is 2.05. The molecule has 0 aromatic carbocycles. The molecule has 0 fully saturated rings. The van der Waals surface area contributed by atoms with Crippen molar-refractivity contribution in [1.29, 1.82) is 0 Å². The van der Waals surface area contributed by atoms with Crippen molar-refractivity contribution in [2.24, 2.45) is 7.05 Å². The minimum Gasteiger partial charge on any atom is -0.357 e. The molecule has 1 N–H and O–H groups in total. The number of nitrogens with one attached hydrogen (secondary N) is 1. The maximum absolute atomic E-state index is 4.19. The van der Waals surface area contributed by atoms with Gasteiger partial charge in [-0.2, -0.15) is 0 Å². The van der Waals surface area contributed by atoms with Crippen LogP contribution in [0.5, 0.6) is 0 Å². The molecular formula is C11H15N3S. The van der Waals surface area contributed by atoms with E-state index in [4.69, 9.17) is 0 Å². The first kappa shape index (κ1) is 10.2. The minimum atomic E-state index is 0.848. The molecule has 0 saturated carbocycles. The molecule has 0 atom stereocenters. The number of rotatable bonds is 3. The standard InChI is InChI=1S/C11H15N3S/c1-8-6-10(9(2)14(8)3)7-13-11-12-4-5-15-11/h4-6H,7H2,1-3H3,(H,12,13). The molecule has 0 aliphatic rings. The van der Waals surface area contributed by atoms with Crippen molar-refractivity contribution >= 4 is 16.5 Å². The van der Waals surface area contributed by atoms with Crippen molar-refractivity contribution in [2.45, 2.75) is 20.4 Å². The summed E-state index contributed by atoms with van der Waals surface area (Å²) in [7, 11) is 2.09. The summed E-state index contributed by atoms with van der Waals surface area (Å²) >= 11 is 1.63. The first-order chi connectivity index (χ1) is 7.18. The van der Waals surface area contributed by atoms with E-state index in [1.165, 1.54) is 17.0 Å². The molecule has 3 nitrogen and oxygen atoms in total. The lowest BCUT2D eigenvalue weighted by atomic mass is 10.2. The maximum Gasteiger partial charge on any atom is 0.182 e. The lowest BCUT2D eigenvalue weighted by molar-refractivity contribution is 0.837. The van der Waals surface area contributed by atoms with Crippen LogP contribution in [0.3, 0.4) is 0 Å². The molecule has 0 aliphatic carbocycles. The molecule has 2 rings (SSSR count). The zero-order valence-electron chi connectivity index (χ0n) is 9.24. The van der Waals surface area contributed by atoms with Crippen LogP contribution in [0.2, 0.25) is 0 Å². The number of hydrogen-bond acceptors (Lipinski definition) is 3. The quantitative estimate of drug-likeness (QED) is 0.863. The van der Waals surface area contributed by atoms with Gasteiger partial charge in [0.15, 0.2) is 5.13 Å². The van der Waals surface area contributed by atoms with E-state index in [-0.39, 0.29) is 0 Å². The first-order valence-corrected chi connectivity index (χ1v) is 5.81. The lowest BCUT2D eigenvalue weighted by Crippen LogP contribution is -2.00. The molecule has 0 amide bonds. The van der Waals surface area contributed by atoms with Gasteiger partial charge in [-0.25, -0.2) is 4.98 Å². The van der Waals surface area contributed by atoms with Crippen LogP contribution in [0.25, 0.3) is 0 Å². The summed E-state index contributed by atoms with van der Waals surface area (Å²) in [5.74, 6) is 0. The Balaban J connectivity index is 2.08. The number of hydrogen-bond donors (Lipinski definition) is 1. The smallest absolute Gasteiger partial charge is 0.182 e. The van der Waals surface area contributed by atoms with E-state index < -0.39 is 0 Å². The van der Waals surface area contributed by atoms with Crippen LogP contribution in [0, 0.1) is 13.8 Å². The third kappa shape index (κ3) is 2.04. The zero-order valence-corrected chi connectivity index (χ0v) is 10.1. The van der Waals surface area contributed by atoms with Gasteiger partial charge in [0.2, 0.25) is 0 Å². The number of aromatic nitrogens is 2.